The van der Waals surface area contributed by atoms with Gasteiger partial charge in [0.25, 0.3) is 0 Å². The number of hydrogen-bond acceptors (Lipinski definition) is 6. The summed E-state index contributed by atoms with van der Waals surface area (Å²) >= 11 is 0. The van der Waals surface area contributed by atoms with Crippen LogP contribution in [-0.2, 0) is 23.9 Å². The van der Waals surface area contributed by atoms with Gasteiger partial charge in [0.15, 0.2) is 11.4 Å². The van der Waals surface area contributed by atoms with Crippen LogP contribution in [0.25, 0.3) is 5.65 Å². The fourth-order valence-corrected chi connectivity index (χ4v) is 5.05. The van der Waals surface area contributed by atoms with Crippen LogP contribution in [0.3, 0.4) is 0 Å². The third-order valence-corrected chi connectivity index (χ3v) is 7.42. The zero-order valence-corrected chi connectivity index (χ0v) is 25.6. The number of ketones is 1. The predicted molar refractivity (Wildman–Crippen MR) is 163 cm³/mol. The highest BCUT2D eigenvalue weighted by molar-refractivity contribution is 5.98. The smallest absolute Gasteiger partial charge is 0.416 e. The van der Waals surface area contributed by atoms with Crippen LogP contribution in [-0.4, -0.2) is 68.1 Å². The number of aryl methyl sites for hydroxylation is 1. The van der Waals surface area contributed by atoms with E-state index in [1.54, 1.807) is 72.9 Å². The number of carbonyl (C=O) groups is 2. The first-order chi connectivity index (χ1) is 21.3. The molecule has 0 N–H and O–H groups in total. The molecule has 0 atom stereocenters. The number of Topliss-reactive ketones (excluding diaryl/α,β-unsaturated/α-hetero) is 1. The van der Waals surface area contributed by atoms with Crippen LogP contribution < -0.4 is 0 Å². The van der Waals surface area contributed by atoms with E-state index in [-0.39, 0.29) is 29.9 Å². The van der Waals surface area contributed by atoms with E-state index in [0.29, 0.717) is 48.6 Å². The largest absolute Gasteiger partial charge is 0.444 e. The van der Waals surface area contributed by atoms with Gasteiger partial charge in [0, 0.05) is 56.5 Å². The third-order valence-electron chi connectivity index (χ3n) is 7.42. The van der Waals surface area contributed by atoms with E-state index in [4.69, 9.17) is 4.74 Å². The number of benzene rings is 2. The Morgan fingerprint density at radius 3 is 2.44 bits per heavy atom. The Morgan fingerprint density at radius 1 is 0.978 bits per heavy atom. The van der Waals surface area contributed by atoms with E-state index in [9.17, 15) is 22.8 Å². The van der Waals surface area contributed by atoms with Gasteiger partial charge in [-0.2, -0.15) is 18.3 Å². The van der Waals surface area contributed by atoms with Gasteiger partial charge in [-0.3, -0.25) is 9.69 Å². The zero-order chi connectivity index (χ0) is 32.4. The first-order valence-electron chi connectivity index (χ1n) is 14.6. The van der Waals surface area contributed by atoms with Crippen molar-refractivity contribution < 1.29 is 27.5 Å². The SMILES string of the molecule is Cc1ccc(C(=O)Cc2ccc(CN3CCN(C(=O)OC(C)(C)C)CC3)c(C(F)(F)F)c2)cc1C#Cc1cnc2cccnn12. The maximum Gasteiger partial charge on any atom is 0.416 e. The molecule has 234 valence electrons. The van der Waals surface area contributed by atoms with Crippen molar-refractivity contribution in [2.24, 2.45) is 0 Å². The van der Waals surface area contributed by atoms with Crippen molar-refractivity contribution in [2.75, 3.05) is 26.2 Å². The maximum absolute atomic E-state index is 14.2. The molecule has 0 aliphatic carbocycles. The van der Waals surface area contributed by atoms with Gasteiger partial charge in [-0.05, 0) is 74.6 Å². The summed E-state index contributed by atoms with van der Waals surface area (Å²) in [7, 11) is 0. The molecular formula is C34H34F3N5O3. The van der Waals surface area contributed by atoms with Crippen LogP contribution >= 0.6 is 0 Å². The highest BCUT2D eigenvalue weighted by Crippen LogP contribution is 2.34. The second kappa shape index (κ2) is 12.7. The number of hydrogen-bond donors (Lipinski definition) is 0. The third kappa shape index (κ3) is 7.88. The van der Waals surface area contributed by atoms with Gasteiger partial charge in [-0.1, -0.05) is 30.2 Å². The predicted octanol–water partition coefficient (Wildman–Crippen LogP) is 5.93. The van der Waals surface area contributed by atoms with Gasteiger partial charge >= 0.3 is 12.3 Å². The summed E-state index contributed by atoms with van der Waals surface area (Å²) in [5.74, 6) is 5.81. The van der Waals surface area contributed by atoms with Crippen LogP contribution in [0.5, 0.6) is 0 Å². The molecule has 3 heterocycles. The van der Waals surface area contributed by atoms with Crippen LogP contribution in [0.1, 0.15) is 64.6 Å². The Morgan fingerprint density at radius 2 is 1.73 bits per heavy atom. The number of carbonyl (C=O) groups excluding carboxylic acids is 2. The molecule has 0 bridgehead atoms. The van der Waals surface area contributed by atoms with Crippen molar-refractivity contribution >= 4 is 17.5 Å². The van der Waals surface area contributed by atoms with E-state index in [2.05, 4.69) is 21.9 Å². The van der Waals surface area contributed by atoms with Gasteiger partial charge < -0.3 is 9.64 Å². The first kappa shape index (κ1) is 31.7. The lowest BCUT2D eigenvalue weighted by Gasteiger charge is -2.36. The summed E-state index contributed by atoms with van der Waals surface area (Å²) < 4.78 is 49.5. The van der Waals surface area contributed by atoms with Crippen LogP contribution in [0.2, 0.25) is 0 Å². The fourth-order valence-electron chi connectivity index (χ4n) is 5.05. The molecule has 4 aromatic rings. The normalized spacial score (nSPS) is 14.2. The maximum atomic E-state index is 14.2. The Balaban J connectivity index is 1.28. The number of aromatic nitrogens is 3. The lowest BCUT2D eigenvalue weighted by molar-refractivity contribution is -0.138. The van der Waals surface area contributed by atoms with Crippen LogP contribution in [0.15, 0.2) is 60.9 Å². The second-order valence-corrected chi connectivity index (χ2v) is 12.0. The quantitative estimate of drug-likeness (QED) is 0.204. The second-order valence-electron chi connectivity index (χ2n) is 12.0. The lowest BCUT2D eigenvalue weighted by Crippen LogP contribution is -2.49. The molecule has 8 nitrogen and oxygen atoms in total. The van der Waals surface area contributed by atoms with Crippen molar-refractivity contribution in [3.05, 3.63) is 100.0 Å². The number of amides is 1. The van der Waals surface area contributed by atoms with Crippen molar-refractivity contribution in [1.29, 1.82) is 0 Å². The molecule has 45 heavy (non-hydrogen) atoms. The van der Waals surface area contributed by atoms with Crippen molar-refractivity contribution in [1.82, 2.24) is 24.4 Å². The van der Waals surface area contributed by atoms with E-state index in [1.165, 1.54) is 6.07 Å². The van der Waals surface area contributed by atoms with E-state index >= 15 is 0 Å². The highest BCUT2D eigenvalue weighted by atomic mass is 19.4. The monoisotopic (exact) mass is 617 g/mol. The molecule has 2 aromatic carbocycles. The molecule has 2 aromatic heterocycles. The molecule has 1 aliphatic rings. The summed E-state index contributed by atoms with van der Waals surface area (Å²) in [6.07, 6.45) is -1.96. The first-order valence-corrected chi connectivity index (χ1v) is 14.6. The molecule has 1 saturated heterocycles. The molecule has 0 radical (unpaired) electrons. The Bertz CT molecular complexity index is 1790. The molecular weight excluding hydrogens is 583 g/mol. The Hall–Kier alpha value is -4.69. The molecule has 1 aliphatic heterocycles. The highest BCUT2D eigenvalue weighted by Gasteiger charge is 2.35. The van der Waals surface area contributed by atoms with Crippen molar-refractivity contribution in [3.8, 4) is 11.8 Å². The van der Waals surface area contributed by atoms with Crippen LogP contribution in [0.4, 0.5) is 18.0 Å². The number of nitrogens with zero attached hydrogens (tertiary/aromatic N) is 5. The standard InChI is InChI=1S/C34H34F3N5O3/c1-23-7-9-26(20-25(23)11-12-28-21-38-31-6-5-13-39-42(28)31)30(43)19-24-8-10-27(29(18-24)34(35,36)37)22-40-14-16-41(17-15-40)32(44)45-33(2,3)4/h5-10,13,18,20-21H,14-17,19,22H2,1-4H3. The minimum absolute atomic E-state index is 0.0766. The van der Waals surface area contributed by atoms with E-state index < -0.39 is 23.4 Å². The van der Waals surface area contributed by atoms with Crippen molar-refractivity contribution in [3.63, 3.8) is 0 Å². The number of piperazine rings is 1. The summed E-state index contributed by atoms with van der Waals surface area (Å²) in [6.45, 7) is 8.87. The van der Waals surface area contributed by atoms with Crippen molar-refractivity contribution in [2.45, 2.75) is 52.4 Å². The fraction of sp³-hybridized carbons (Fsp3) is 0.353. The number of rotatable bonds is 5. The summed E-state index contributed by atoms with van der Waals surface area (Å²) in [5.41, 5.74) is 2.11. The number of halogens is 3. The topological polar surface area (TPSA) is 80.0 Å². The van der Waals surface area contributed by atoms with Gasteiger partial charge in [0.05, 0.1) is 11.8 Å². The molecule has 5 rings (SSSR count). The van der Waals surface area contributed by atoms with Gasteiger partial charge in [-0.25, -0.2) is 14.3 Å². The van der Waals surface area contributed by atoms with Gasteiger partial charge in [0.1, 0.15) is 11.3 Å². The Labute approximate surface area is 259 Å². The molecule has 1 fully saturated rings. The average Bonchev–Trinajstić information content (AvgIpc) is 3.39. The van der Waals surface area contributed by atoms with Gasteiger partial charge in [-0.15, -0.1) is 0 Å². The number of fused-ring (bicyclic) bond motifs is 1. The zero-order valence-electron chi connectivity index (χ0n) is 25.6. The van der Waals surface area contributed by atoms with Crippen LogP contribution in [0, 0.1) is 18.8 Å². The summed E-state index contributed by atoms with van der Waals surface area (Å²) in [6, 6.07) is 12.8. The number of imidazole rings is 1. The molecule has 0 saturated carbocycles. The molecule has 0 unspecified atom stereocenters. The van der Waals surface area contributed by atoms with Gasteiger partial charge in [0.2, 0.25) is 0 Å². The van der Waals surface area contributed by atoms with E-state index in [1.807, 2.05) is 17.9 Å². The molecule has 0 spiro atoms. The Kier molecular flexibility index (Phi) is 8.98. The summed E-state index contributed by atoms with van der Waals surface area (Å²) in [4.78, 5) is 33.3. The number of ether oxygens (including phenoxy) is 1. The minimum Gasteiger partial charge on any atom is -0.444 e. The molecule has 11 heteroatoms. The number of alkyl halides is 3. The molecule has 1 amide bonds. The van der Waals surface area contributed by atoms with E-state index in [0.717, 1.165) is 11.6 Å². The minimum atomic E-state index is -4.59. The average molecular weight is 618 g/mol. The summed E-state index contributed by atoms with van der Waals surface area (Å²) in [5, 5.41) is 4.25. The lowest BCUT2D eigenvalue weighted by atomic mass is 9.96.